The van der Waals surface area contributed by atoms with Crippen molar-refractivity contribution in [2.45, 2.75) is 23.8 Å². The van der Waals surface area contributed by atoms with E-state index in [0.717, 1.165) is 0 Å². The van der Waals surface area contributed by atoms with E-state index in [-0.39, 0.29) is 23.2 Å². The SMILES string of the molecule is Cn1nccc1N1CCCC(NS(=O)(=O)c2cccc3c2OCCO3)C1=O. The number of para-hydroxylation sites is 1. The first kappa shape index (κ1) is 17.8. The Hall–Kier alpha value is -2.59. The summed E-state index contributed by atoms with van der Waals surface area (Å²) >= 11 is 0. The zero-order valence-corrected chi connectivity index (χ0v) is 15.6. The van der Waals surface area contributed by atoms with Gasteiger partial charge in [-0.3, -0.25) is 14.4 Å². The van der Waals surface area contributed by atoms with Crippen LogP contribution < -0.4 is 19.1 Å². The van der Waals surface area contributed by atoms with Crippen LogP contribution in [0.1, 0.15) is 12.8 Å². The summed E-state index contributed by atoms with van der Waals surface area (Å²) in [6, 6.07) is 5.57. The summed E-state index contributed by atoms with van der Waals surface area (Å²) in [6.45, 7) is 1.16. The summed E-state index contributed by atoms with van der Waals surface area (Å²) in [5, 5.41) is 4.08. The lowest BCUT2D eigenvalue weighted by atomic mass is 10.1. The van der Waals surface area contributed by atoms with Crippen molar-refractivity contribution in [1.29, 1.82) is 0 Å². The van der Waals surface area contributed by atoms with Crippen LogP contribution in [0.25, 0.3) is 0 Å². The van der Waals surface area contributed by atoms with Crippen LogP contribution in [0.5, 0.6) is 11.5 Å². The van der Waals surface area contributed by atoms with Crippen molar-refractivity contribution in [3.05, 3.63) is 30.5 Å². The highest BCUT2D eigenvalue weighted by atomic mass is 32.2. The van der Waals surface area contributed by atoms with Gasteiger partial charge in [0, 0.05) is 19.7 Å². The Bertz CT molecular complexity index is 971. The Morgan fingerprint density at radius 1 is 1.22 bits per heavy atom. The first-order valence-corrected chi connectivity index (χ1v) is 10.2. The van der Waals surface area contributed by atoms with Crippen LogP contribution in [0.2, 0.25) is 0 Å². The third-order valence-corrected chi connectivity index (χ3v) is 6.12. The molecule has 9 nitrogen and oxygen atoms in total. The van der Waals surface area contributed by atoms with Crippen LogP contribution >= 0.6 is 0 Å². The minimum atomic E-state index is -3.96. The van der Waals surface area contributed by atoms with Crippen molar-refractivity contribution in [2.24, 2.45) is 7.05 Å². The number of piperidine rings is 1. The first-order valence-electron chi connectivity index (χ1n) is 8.68. The van der Waals surface area contributed by atoms with E-state index in [2.05, 4.69) is 9.82 Å². The molecule has 1 saturated heterocycles. The number of carbonyl (C=O) groups excluding carboxylic acids is 1. The molecule has 1 amide bonds. The van der Waals surface area contributed by atoms with Gasteiger partial charge < -0.3 is 9.47 Å². The number of hydrogen-bond acceptors (Lipinski definition) is 6. The molecule has 0 radical (unpaired) electrons. The number of aromatic nitrogens is 2. The highest BCUT2D eigenvalue weighted by Gasteiger charge is 2.35. The van der Waals surface area contributed by atoms with Gasteiger partial charge in [-0.25, -0.2) is 8.42 Å². The molecule has 1 aromatic carbocycles. The summed E-state index contributed by atoms with van der Waals surface area (Å²) in [4.78, 5) is 14.4. The van der Waals surface area contributed by atoms with Gasteiger partial charge in [-0.2, -0.15) is 9.82 Å². The molecule has 27 heavy (non-hydrogen) atoms. The number of rotatable bonds is 4. The van der Waals surface area contributed by atoms with E-state index < -0.39 is 16.1 Å². The van der Waals surface area contributed by atoms with Crippen molar-refractivity contribution >= 4 is 21.7 Å². The van der Waals surface area contributed by atoms with E-state index in [9.17, 15) is 13.2 Å². The van der Waals surface area contributed by atoms with Crippen molar-refractivity contribution < 1.29 is 22.7 Å². The smallest absolute Gasteiger partial charge is 0.246 e. The summed E-state index contributed by atoms with van der Waals surface area (Å²) < 4.78 is 41.0. The van der Waals surface area contributed by atoms with Crippen LogP contribution in [0, 0.1) is 0 Å². The number of carbonyl (C=O) groups is 1. The largest absolute Gasteiger partial charge is 0.486 e. The predicted molar refractivity (Wildman–Crippen MR) is 96.3 cm³/mol. The topological polar surface area (TPSA) is 103 Å². The first-order chi connectivity index (χ1) is 13.0. The molecule has 4 rings (SSSR count). The van der Waals surface area contributed by atoms with Gasteiger partial charge in [-0.1, -0.05) is 6.07 Å². The van der Waals surface area contributed by atoms with E-state index in [1.54, 1.807) is 41.0 Å². The third-order valence-electron chi connectivity index (χ3n) is 4.63. The fourth-order valence-electron chi connectivity index (χ4n) is 3.35. The number of fused-ring (bicyclic) bond motifs is 1. The molecule has 144 valence electrons. The maximum atomic E-state index is 12.9. The Labute approximate surface area is 156 Å². The fraction of sp³-hybridized carbons (Fsp3) is 0.412. The summed E-state index contributed by atoms with van der Waals surface area (Å²) in [5.41, 5.74) is 0. The number of aryl methyl sites for hydroxylation is 1. The average Bonchev–Trinajstić information content (AvgIpc) is 3.08. The van der Waals surface area contributed by atoms with Gasteiger partial charge in [0.25, 0.3) is 0 Å². The Morgan fingerprint density at radius 3 is 2.81 bits per heavy atom. The molecule has 10 heteroatoms. The van der Waals surface area contributed by atoms with Crippen LogP contribution in [0.15, 0.2) is 35.4 Å². The van der Waals surface area contributed by atoms with Gasteiger partial charge in [0.2, 0.25) is 15.9 Å². The molecule has 0 aliphatic carbocycles. The summed E-state index contributed by atoms with van der Waals surface area (Å²) in [5.74, 6) is 0.909. The van der Waals surface area contributed by atoms with E-state index in [1.165, 1.54) is 6.07 Å². The van der Waals surface area contributed by atoms with Crippen molar-refractivity contribution in [3.8, 4) is 11.5 Å². The number of hydrogen-bond donors (Lipinski definition) is 1. The van der Waals surface area contributed by atoms with Gasteiger partial charge in [0.1, 0.15) is 30.0 Å². The number of amides is 1. The second kappa shape index (κ2) is 6.86. The molecule has 1 atom stereocenters. The van der Waals surface area contributed by atoms with Crippen molar-refractivity contribution in [2.75, 3.05) is 24.7 Å². The quantitative estimate of drug-likeness (QED) is 0.820. The van der Waals surface area contributed by atoms with Gasteiger partial charge in [0.05, 0.1) is 6.20 Å². The zero-order chi connectivity index (χ0) is 19.0. The molecular weight excluding hydrogens is 372 g/mol. The highest BCUT2D eigenvalue weighted by Crippen LogP contribution is 2.36. The summed E-state index contributed by atoms with van der Waals surface area (Å²) in [7, 11) is -2.22. The van der Waals surface area contributed by atoms with Crippen LogP contribution in [-0.2, 0) is 21.9 Å². The molecule has 0 saturated carbocycles. The molecule has 3 heterocycles. The monoisotopic (exact) mass is 392 g/mol. The summed E-state index contributed by atoms with van der Waals surface area (Å²) in [6.07, 6.45) is 2.71. The Kier molecular flexibility index (Phi) is 4.52. The number of anilines is 1. The van der Waals surface area contributed by atoms with Crippen LogP contribution in [0.3, 0.4) is 0 Å². The highest BCUT2D eigenvalue weighted by molar-refractivity contribution is 7.89. The van der Waals surface area contributed by atoms with Gasteiger partial charge in [0.15, 0.2) is 11.5 Å². The molecule has 2 aromatic rings. The molecule has 1 unspecified atom stereocenters. The second-order valence-electron chi connectivity index (χ2n) is 6.40. The minimum absolute atomic E-state index is 0.0230. The Morgan fingerprint density at radius 2 is 2.04 bits per heavy atom. The van der Waals surface area contributed by atoms with E-state index >= 15 is 0 Å². The molecular formula is C17H20N4O5S. The van der Waals surface area contributed by atoms with Gasteiger partial charge in [-0.05, 0) is 25.0 Å². The standard InChI is InChI=1S/C17H20N4O5S/c1-20-15(7-8-18-20)21-9-3-4-12(17(21)22)19-27(23,24)14-6-2-5-13-16(14)26-11-10-25-13/h2,5-8,12,19H,3-4,9-11H2,1H3. The minimum Gasteiger partial charge on any atom is -0.486 e. The third kappa shape index (κ3) is 3.26. The molecule has 2 aliphatic heterocycles. The molecule has 0 bridgehead atoms. The number of nitrogens with one attached hydrogen (secondary N) is 1. The molecule has 0 spiro atoms. The lowest BCUT2D eigenvalue weighted by molar-refractivity contribution is -0.121. The van der Waals surface area contributed by atoms with Crippen LogP contribution in [0.4, 0.5) is 5.82 Å². The van der Waals surface area contributed by atoms with Crippen molar-refractivity contribution in [3.63, 3.8) is 0 Å². The van der Waals surface area contributed by atoms with Crippen LogP contribution in [-0.4, -0.2) is 49.9 Å². The molecule has 1 N–H and O–H groups in total. The molecule has 2 aliphatic rings. The normalized spacial score (nSPS) is 20.0. The van der Waals surface area contributed by atoms with E-state index in [4.69, 9.17) is 9.47 Å². The number of ether oxygens (including phenoxy) is 2. The number of benzene rings is 1. The lowest BCUT2D eigenvalue weighted by Gasteiger charge is -2.32. The molecule has 1 aromatic heterocycles. The fourth-order valence-corrected chi connectivity index (χ4v) is 4.73. The van der Waals surface area contributed by atoms with Gasteiger partial charge in [-0.15, -0.1) is 0 Å². The second-order valence-corrected chi connectivity index (χ2v) is 8.08. The number of sulfonamides is 1. The lowest BCUT2D eigenvalue weighted by Crippen LogP contribution is -2.52. The van der Waals surface area contributed by atoms with E-state index in [0.29, 0.717) is 37.6 Å². The van der Waals surface area contributed by atoms with Crippen molar-refractivity contribution in [1.82, 2.24) is 14.5 Å². The molecule has 1 fully saturated rings. The maximum Gasteiger partial charge on any atom is 0.246 e. The predicted octanol–water partition coefficient (Wildman–Crippen LogP) is 0.665. The Balaban J connectivity index is 1.60. The average molecular weight is 392 g/mol. The van der Waals surface area contributed by atoms with Gasteiger partial charge >= 0.3 is 0 Å². The van der Waals surface area contributed by atoms with E-state index in [1.807, 2.05) is 0 Å². The number of nitrogens with zero attached hydrogens (tertiary/aromatic N) is 3. The maximum absolute atomic E-state index is 12.9. The zero-order valence-electron chi connectivity index (χ0n) is 14.8.